The summed E-state index contributed by atoms with van der Waals surface area (Å²) in [5, 5.41) is -0.127. The van der Waals surface area contributed by atoms with Gasteiger partial charge in [0.2, 0.25) is 0 Å². The van der Waals surface area contributed by atoms with Crippen LogP contribution in [0.1, 0.15) is 46.5 Å². The zero-order chi connectivity index (χ0) is 10.1. The van der Waals surface area contributed by atoms with Gasteiger partial charge in [-0.2, -0.15) is 0 Å². The van der Waals surface area contributed by atoms with Crippen molar-refractivity contribution in [3.05, 3.63) is 0 Å². The Morgan fingerprint density at radius 1 is 1.23 bits per heavy atom. The van der Waals surface area contributed by atoms with Gasteiger partial charge in [-0.25, -0.2) is 8.42 Å². The summed E-state index contributed by atoms with van der Waals surface area (Å²) in [5.41, 5.74) is 0. The predicted octanol–water partition coefficient (Wildman–Crippen LogP) is 2.39. The van der Waals surface area contributed by atoms with Gasteiger partial charge in [-0.15, -0.1) is 0 Å². The van der Waals surface area contributed by atoms with Gasteiger partial charge >= 0.3 is 0 Å². The molecular weight excluding hydrogens is 184 g/mol. The van der Waals surface area contributed by atoms with Gasteiger partial charge in [-0.05, 0) is 31.6 Å². The van der Waals surface area contributed by atoms with Crippen LogP contribution < -0.4 is 0 Å². The molecule has 2 unspecified atom stereocenters. The highest BCUT2D eigenvalue weighted by Gasteiger charge is 2.40. The molecule has 3 heteroatoms. The molecule has 0 radical (unpaired) electrons. The van der Waals surface area contributed by atoms with Crippen LogP contribution in [-0.2, 0) is 9.84 Å². The van der Waals surface area contributed by atoms with Crippen molar-refractivity contribution in [3.8, 4) is 0 Å². The molecule has 1 saturated carbocycles. The molecule has 1 rings (SSSR count). The lowest BCUT2D eigenvalue weighted by Gasteiger charge is -2.35. The maximum atomic E-state index is 12.0. The van der Waals surface area contributed by atoms with Crippen LogP contribution >= 0.6 is 0 Å². The molecule has 13 heavy (non-hydrogen) atoms. The number of hydrogen-bond donors (Lipinski definition) is 0. The van der Waals surface area contributed by atoms with E-state index in [0.29, 0.717) is 5.92 Å². The van der Waals surface area contributed by atoms with E-state index in [0.717, 1.165) is 25.7 Å². The van der Waals surface area contributed by atoms with E-state index in [-0.39, 0.29) is 10.5 Å². The highest BCUT2D eigenvalue weighted by molar-refractivity contribution is 7.92. The predicted molar refractivity (Wildman–Crippen MR) is 55.5 cm³/mol. The molecule has 0 saturated heterocycles. The Balaban J connectivity index is 2.75. The Hall–Kier alpha value is -0.0500. The summed E-state index contributed by atoms with van der Waals surface area (Å²) in [6.45, 7) is 5.98. The first-order chi connectivity index (χ1) is 6.04. The van der Waals surface area contributed by atoms with Crippen molar-refractivity contribution in [2.75, 3.05) is 0 Å². The van der Waals surface area contributed by atoms with Crippen LogP contribution in [-0.4, -0.2) is 18.9 Å². The maximum absolute atomic E-state index is 12.0. The smallest absolute Gasteiger partial charge is 0.156 e. The Morgan fingerprint density at radius 3 is 2.00 bits per heavy atom. The Morgan fingerprint density at radius 2 is 1.77 bits per heavy atom. The van der Waals surface area contributed by atoms with E-state index >= 15 is 0 Å². The molecule has 0 amide bonds. The lowest BCUT2D eigenvalue weighted by Crippen LogP contribution is -2.42. The molecule has 2 nitrogen and oxygen atoms in total. The third-order valence-corrected chi connectivity index (χ3v) is 6.48. The number of hydrogen-bond acceptors (Lipinski definition) is 2. The molecule has 1 aliphatic rings. The summed E-state index contributed by atoms with van der Waals surface area (Å²) in [7, 11) is -2.81. The van der Waals surface area contributed by atoms with E-state index < -0.39 is 9.84 Å². The summed E-state index contributed by atoms with van der Waals surface area (Å²) >= 11 is 0. The van der Waals surface area contributed by atoms with Gasteiger partial charge in [-0.1, -0.05) is 20.8 Å². The third-order valence-electron chi connectivity index (χ3n) is 3.34. The van der Waals surface area contributed by atoms with Crippen molar-refractivity contribution < 1.29 is 8.42 Å². The first-order valence-corrected chi connectivity index (χ1v) is 6.87. The molecule has 0 aliphatic heterocycles. The summed E-state index contributed by atoms with van der Waals surface area (Å²) < 4.78 is 24.0. The second-order valence-corrected chi connectivity index (χ2v) is 6.57. The van der Waals surface area contributed by atoms with Crippen LogP contribution in [0.2, 0.25) is 0 Å². The van der Waals surface area contributed by atoms with E-state index in [1.807, 2.05) is 20.8 Å². The van der Waals surface area contributed by atoms with E-state index in [2.05, 4.69) is 0 Å². The summed E-state index contributed by atoms with van der Waals surface area (Å²) in [5.74, 6) is 0.394. The molecule has 0 aromatic rings. The highest BCUT2D eigenvalue weighted by atomic mass is 32.2. The summed E-state index contributed by atoms with van der Waals surface area (Å²) in [6, 6.07) is 0. The minimum Gasteiger partial charge on any atom is -0.228 e. The first kappa shape index (κ1) is 11.0. The van der Waals surface area contributed by atoms with Gasteiger partial charge in [0, 0.05) is 0 Å². The number of sulfone groups is 1. The molecule has 78 valence electrons. The van der Waals surface area contributed by atoms with Crippen molar-refractivity contribution in [2.45, 2.75) is 57.0 Å². The molecular formula is C10H20O2S. The minimum absolute atomic E-state index is 0.0302. The average Bonchev–Trinajstić information content (AvgIpc) is 2.02. The second kappa shape index (κ2) is 3.99. The Labute approximate surface area is 81.6 Å². The quantitative estimate of drug-likeness (QED) is 0.704. The number of rotatable bonds is 4. The normalized spacial score (nSPS) is 28.9. The maximum Gasteiger partial charge on any atom is 0.156 e. The molecule has 0 spiro atoms. The second-order valence-electron chi connectivity index (χ2n) is 4.12. The fraction of sp³-hybridized carbons (Fsp3) is 1.00. The molecule has 0 heterocycles. The SMILES string of the molecule is CCC(CC)S(=O)(=O)C1CCC1C. The summed E-state index contributed by atoms with van der Waals surface area (Å²) in [4.78, 5) is 0. The molecule has 0 N–H and O–H groups in total. The minimum atomic E-state index is -2.81. The van der Waals surface area contributed by atoms with Crippen LogP contribution in [0.4, 0.5) is 0 Å². The van der Waals surface area contributed by atoms with Crippen molar-refractivity contribution in [1.82, 2.24) is 0 Å². The molecule has 1 fully saturated rings. The fourth-order valence-corrected chi connectivity index (χ4v) is 4.80. The first-order valence-electron chi connectivity index (χ1n) is 5.26. The largest absolute Gasteiger partial charge is 0.228 e. The topological polar surface area (TPSA) is 34.1 Å². The van der Waals surface area contributed by atoms with E-state index in [1.165, 1.54) is 0 Å². The Kier molecular flexibility index (Phi) is 3.38. The van der Waals surface area contributed by atoms with Crippen LogP contribution in [0.5, 0.6) is 0 Å². The molecule has 0 aromatic heterocycles. The Bertz CT molecular complexity index is 241. The zero-order valence-corrected chi connectivity index (χ0v) is 9.60. The molecule has 1 aliphatic carbocycles. The highest BCUT2D eigenvalue weighted by Crippen LogP contribution is 2.36. The van der Waals surface area contributed by atoms with E-state index in [1.54, 1.807) is 0 Å². The monoisotopic (exact) mass is 204 g/mol. The third kappa shape index (κ3) is 1.90. The van der Waals surface area contributed by atoms with Gasteiger partial charge in [0.25, 0.3) is 0 Å². The van der Waals surface area contributed by atoms with Crippen LogP contribution in [0.3, 0.4) is 0 Å². The van der Waals surface area contributed by atoms with Crippen molar-refractivity contribution >= 4 is 9.84 Å². The standard InChI is InChI=1S/C10H20O2S/c1-4-9(5-2)13(11,12)10-7-6-8(10)3/h8-10H,4-7H2,1-3H3. The lowest BCUT2D eigenvalue weighted by molar-refractivity contribution is 0.341. The van der Waals surface area contributed by atoms with Gasteiger partial charge in [-0.3, -0.25) is 0 Å². The van der Waals surface area contributed by atoms with Crippen LogP contribution in [0, 0.1) is 5.92 Å². The lowest BCUT2D eigenvalue weighted by atomic mass is 9.87. The summed E-state index contributed by atoms with van der Waals surface area (Å²) in [6.07, 6.45) is 3.51. The van der Waals surface area contributed by atoms with Crippen LogP contribution in [0.25, 0.3) is 0 Å². The zero-order valence-electron chi connectivity index (χ0n) is 8.79. The van der Waals surface area contributed by atoms with Crippen molar-refractivity contribution in [1.29, 1.82) is 0 Å². The van der Waals surface area contributed by atoms with Crippen molar-refractivity contribution in [3.63, 3.8) is 0 Å². The van der Waals surface area contributed by atoms with E-state index in [4.69, 9.17) is 0 Å². The molecule has 0 aromatic carbocycles. The van der Waals surface area contributed by atoms with Gasteiger partial charge in [0.05, 0.1) is 10.5 Å². The fourth-order valence-electron chi connectivity index (χ4n) is 2.12. The van der Waals surface area contributed by atoms with Crippen LogP contribution in [0.15, 0.2) is 0 Å². The van der Waals surface area contributed by atoms with Gasteiger partial charge in [0.1, 0.15) is 0 Å². The van der Waals surface area contributed by atoms with E-state index in [9.17, 15) is 8.42 Å². The molecule has 0 bridgehead atoms. The van der Waals surface area contributed by atoms with Gasteiger partial charge < -0.3 is 0 Å². The molecule has 2 atom stereocenters. The average molecular weight is 204 g/mol. The van der Waals surface area contributed by atoms with Crippen molar-refractivity contribution in [2.24, 2.45) is 5.92 Å². The van der Waals surface area contributed by atoms with Gasteiger partial charge in [0.15, 0.2) is 9.84 Å².